The fourth-order valence-corrected chi connectivity index (χ4v) is 1.11. The molecule has 0 aliphatic rings. The Morgan fingerprint density at radius 3 is 2.36 bits per heavy atom. The third kappa shape index (κ3) is 8.48. The molecule has 0 aliphatic heterocycles. The van der Waals surface area contributed by atoms with E-state index in [1.54, 1.807) is 7.11 Å². The molecule has 0 aromatic heterocycles. The van der Waals surface area contributed by atoms with Gasteiger partial charge in [0.15, 0.2) is 0 Å². The molecule has 0 rings (SSSR count). The Morgan fingerprint density at radius 1 is 1.29 bits per heavy atom. The second kappa shape index (κ2) is 7.21. The summed E-state index contributed by atoms with van der Waals surface area (Å²) in [6.07, 6.45) is 1.25. The summed E-state index contributed by atoms with van der Waals surface area (Å²) in [5, 5.41) is 3.10. The summed E-state index contributed by atoms with van der Waals surface area (Å²) < 4.78 is 10.8. The van der Waals surface area contributed by atoms with E-state index in [4.69, 9.17) is 9.47 Å². The number of hydrogen-bond acceptors (Lipinski definition) is 3. The summed E-state index contributed by atoms with van der Waals surface area (Å²) in [5.74, 6) is 0. The molecule has 3 nitrogen and oxygen atoms in total. The Balaban J connectivity index is 3.60. The monoisotopic (exact) mass is 203 g/mol. The van der Waals surface area contributed by atoms with Crippen LogP contribution in [0.5, 0.6) is 0 Å². The molecule has 0 amide bonds. The van der Waals surface area contributed by atoms with E-state index in [1.165, 1.54) is 0 Å². The van der Waals surface area contributed by atoms with E-state index in [-0.39, 0.29) is 6.10 Å². The van der Waals surface area contributed by atoms with Gasteiger partial charge >= 0.3 is 0 Å². The van der Waals surface area contributed by atoms with Crippen molar-refractivity contribution in [2.24, 2.45) is 5.41 Å². The number of methoxy groups -OCH3 is 1. The van der Waals surface area contributed by atoms with Crippen molar-refractivity contribution in [2.75, 3.05) is 33.9 Å². The van der Waals surface area contributed by atoms with E-state index < -0.39 is 0 Å². The standard InChI is InChI=1S/C11H25NO2/c1-11(2,3)6-7-14-10(8-12-4)9-13-5/h10,12H,6-9H2,1-5H3. The lowest BCUT2D eigenvalue weighted by atomic mass is 9.93. The van der Waals surface area contributed by atoms with Crippen molar-refractivity contribution in [3.05, 3.63) is 0 Å². The van der Waals surface area contributed by atoms with Crippen LogP contribution in [0.3, 0.4) is 0 Å². The van der Waals surface area contributed by atoms with Crippen molar-refractivity contribution in [1.29, 1.82) is 0 Å². The molecule has 1 unspecified atom stereocenters. The quantitative estimate of drug-likeness (QED) is 0.683. The van der Waals surface area contributed by atoms with E-state index in [0.717, 1.165) is 19.6 Å². The SMILES string of the molecule is CNCC(COC)OCCC(C)(C)C. The second-order valence-corrected chi connectivity index (χ2v) is 4.82. The predicted octanol–water partition coefficient (Wildman–Crippen LogP) is 1.67. The van der Waals surface area contributed by atoms with Gasteiger partial charge < -0.3 is 14.8 Å². The lowest BCUT2D eigenvalue weighted by Crippen LogP contribution is -2.31. The maximum absolute atomic E-state index is 5.71. The molecular weight excluding hydrogens is 178 g/mol. The number of hydrogen-bond donors (Lipinski definition) is 1. The minimum atomic E-state index is 0.173. The highest BCUT2D eigenvalue weighted by Gasteiger charge is 2.12. The van der Waals surface area contributed by atoms with Crippen LogP contribution in [-0.2, 0) is 9.47 Å². The van der Waals surface area contributed by atoms with Crippen LogP contribution in [0, 0.1) is 5.41 Å². The molecule has 0 aliphatic carbocycles. The van der Waals surface area contributed by atoms with Gasteiger partial charge in [-0.05, 0) is 18.9 Å². The van der Waals surface area contributed by atoms with Gasteiger partial charge in [0.05, 0.1) is 12.7 Å². The van der Waals surface area contributed by atoms with Crippen LogP contribution in [0.15, 0.2) is 0 Å². The van der Waals surface area contributed by atoms with E-state index in [2.05, 4.69) is 26.1 Å². The zero-order valence-electron chi connectivity index (χ0n) is 10.2. The highest BCUT2D eigenvalue weighted by atomic mass is 16.5. The molecular formula is C11H25NO2. The highest BCUT2D eigenvalue weighted by molar-refractivity contribution is 4.63. The van der Waals surface area contributed by atoms with Gasteiger partial charge in [0.2, 0.25) is 0 Å². The average Bonchev–Trinajstić information content (AvgIpc) is 2.02. The van der Waals surface area contributed by atoms with Gasteiger partial charge in [0.1, 0.15) is 0 Å². The summed E-state index contributed by atoms with van der Waals surface area (Å²) in [4.78, 5) is 0. The van der Waals surface area contributed by atoms with Crippen LogP contribution in [-0.4, -0.2) is 40.0 Å². The summed E-state index contributed by atoms with van der Waals surface area (Å²) in [6.45, 7) is 8.97. The average molecular weight is 203 g/mol. The molecule has 0 aromatic carbocycles. The van der Waals surface area contributed by atoms with Gasteiger partial charge in [0, 0.05) is 20.3 Å². The van der Waals surface area contributed by atoms with E-state index >= 15 is 0 Å². The molecule has 14 heavy (non-hydrogen) atoms. The van der Waals surface area contributed by atoms with Gasteiger partial charge in [-0.15, -0.1) is 0 Å². The maximum Gasteiger partial charge on any atom is 0.0932 e. The van der Waals surface area contributed by atoms with Crippen LogP contribution in [0.2, 0.25) is 0 Å². The Hall–Kier alpha value is -0.120. The molecule has 0 radical (unpaired) electrons. The lowest BCUT2D eigenvalue weighted by molar-refractivity contribution is -0.00872. The number of rotatable bonds is 7. The van der Waals surface area contributed by atoms with Gasteiger partial charge in [-0.1, -0.05) is 20.8 Å². The van der Waals surface area contributed by atoms with Gasteiger partial charge in [-0.25, -0.2) is 0 Å². The third-order valence-corrected chi connectivity index (χ3v) is 1.99. The fourth-order valence-electron chi connectivity index (χ4n) is 1.11. The van der Waals surface area contributed by atoms with Crippen LogP contribution in [0.25, 0.3) is 0 Å². The molecule has 0 fully saturated rings. The molecule has 0 heterocycles. The van der Waals surface area contributed by atoms with Gasteiger partial charge in [-0.3, -0.25) is 0 Å². The number of nitrogens with one attached hydrogen (secondary N) is 1. The first-order valence-corrected chi connectivity index (χ1v) is 5.24. The summed E-state index contributed by atoms with van der Waals surface area (Å²) in [5.41, 5.74) is 0.345. The van der Waals surface area contributed by atoms with Crippen LogP contribution < -0.4 is 5.32 Å². The summed E-state index contributed by atoms with van der Waals surface area (Å²) in [7, 11) is 3.63. The number of likely N-dealkylation sites (N-methyl/N-ethyl adjacent to an activating group) is 1. The topological polar surface area (TPSA) is 30.5 Å². The Labute approximate surface area is 88.2 Å². The van der Waals surface area contributed by atoms with Crippen LogP contribution in [0.4, 0.5) is 0 Å². The third-order valence-electron chi connectivity index (χ3n) is 1.99. The Kier molecular flexibility index (Phi) is 7.15. The van der Waals surface area contributed by atoms with Crippen molar-refractivity contribution >= 4 is 0 Å². The fraction of sp³-hybridized carbons (Fsp3) is 1.00. The highest BCUT2D eigenvalue weighted by Crippen LogP contribution is 2.18. The van der Waals surface area contributed by atoms with Crippen molar-refractivity contribution in [3.8, 4) is 0 Å². The molecule has 1 N–H and O–H groups in total. The van der Waals surface area contributed by atoms with Crippen molar-refractivity contribution in [3.63, 3.8) is 0 Å². The Morgan fingerprint density at radius 2 is 1.93 bits per heavy atom. The number of ether oxygens (including phenoxy) is 2. The molecule has 0 bridgehead atoms. The normalized spacial score (nSPS) is 14.4. The second-order valence-electron chi connectivity index (χ2n) is 4.82. The van der Waals surface area contributed by atoms with E-state index in [0.29, 0.717) is 12.0 Å². The summed E-state index contributed by atoms with van der Waals surface area (Å²) >= 11 is 0. The van der Waals surface area contributed by atoms with E-state index in [1.807, 2.05) is 7.05 Å². The first-order valence-electron chi connectivity index (χ1n) is 5.24. The van der Waals surface area contributed by atoms with Crippen LogP contribution >= 0.6 is 0 Å². The molecule has 0 saturated heterocycles. The zero-order valence-corrected chi connectivity index (χ0v) is 10.2. The van der Waals surface area contributed by atoms with Gasteiger partial charge in [-0.2, -0.15) is 0 Å². The predicted molar refractivity (Wildman–Crippen MR) is 59.6 cm³/mol. The van der Waals surface area contributed by atoms with Gasteiger partial charge in [0.25, 0.3) is 0 Å². The summed E-state index contributed by atoms with van der Waals surface area (Å²) in [6, 6.07) is 0. The zero-order chi connectivity index (χ0) is 11.0. The molecule has 3 heteroatoms. The molecule has 0 spiro atoms. The largest absolute Gasteiger partial charge is 0.382 e. The minimum Gasteiger partial charge on any atom is -0.382 e. The maximum atomic E-state index is 5.71. The van der Waals surface area contributed by atoms with Crippen molar-refractivity contribution in [2.45, 2.75) is 33.3 Å². The first-order chi connectivity index (χ1) is 6.49. The van der Waals surface area contributed by atoms with Crippen molar-refractivity contribution < 1.29 is 9.47 Å². The molecule has 0 aromatic rings. The molecule has 0 saturated carbocycles. The van der Waals surface area contributed by atoms with Crippen molar-refractivity contribution in [1.82, 2.24) is 5.32 Å². The van der Waals surface area contributed by atoms with E-state index in [9.17, 15) is 0 Å². The minimum absolute atomic E-state index is 0.173. The molecule has 86 valence electrons. The Bertz CT molecular complexity index is 126. The molecule has 1 atom stereocenters. The smallest absolute Gasteiger partial charge is 0.0932 e. The van der Waals surface area contributed by atoms with Crippen LogP contribution in [0.1, 0.15) is 27.2 Å². The lowest BCUT2D eigenvalue weighted by Gasteiger charge is -2.21. The first kappa shape index (κ1) is 13.9.